The molecule has 6 heteroatoms. The molecule has 5 nitrogen and oxygen atoms in total. The predicted octanol–water partition coefficient (Wildman–Crippen LogP) is 2.31. The van der Waals surface area contributed by atoms with Crippen molar-refractivity contribution in [1.82, 2.24) is 9.88 Å². The highest BCUT2D eigenvalue weighted by atomic mass is 35.5. The van der Waals surface area contributed by atoms with E-state index in [9.17, 15) is 4.79 Å². The van der Waals surface area contributed by atoms with Crippen LogP contribution in [0, 0.1) is 0 Å². The Labute approximate surface area is 134 Å². The van der Waals surface area contributed by atoms with Gasteiger partial charge in [0.15, 0.2) is 0 Å². The van der Waals surface area contributed by atoms with Crippen molar-refractivity contribution in [2.75, 3.05) is 19.8 Å². The lowest BCUT2D eigenvalue weighted by molar-refractivity contribution is -0.0708. The molecule has 3 rings (SSSR count). The van der Waals surface area contributed by atoms with Gasteiger partial charge in [0.1, 0.15) is 23.1 Å². The van der Waals surface area contributed by atoms with Gasteiger partial charge in [-0.25, -0.2) is 4.98 Å². The molecular formula is C16H19ClN2O3. The van der Waals surface area contributed by atoms with Crippen molar-refractivity contribution in [1.29, 1.82) is 0 Å². The minimum absolute atomic E-state index is 0.0387. The molecule has 0 N–H and O–H groups in total. The van der Waals surface area contributed by atoms with Crippen LogP contribution in [0.1, 0.15) is 23.3 Å². The van der Waals surface area contributed by atoms with E-state index in [0.717, 1.165) is 12.8 Å². The molecule has 1 aromatic rings. The third-order valence-electron chi connectivity index (χ3n) is 4.10. The zero-order valence-corrected chi connectivity index (χ0v) is 13.0. The Morgan fingerprint density at radius 2 is 2.45 bits per heavy atom. The number of nitrogens with zero attached hydrogens (tertiary/aromatic N) is 2. The van der Waals surface area contributed by atoms with Crippen molar-refractivity contribution in [3.8, 4) is 0 Å². The van der Waals surface area contributed by atoms with Gasteiger partial charge in [-0.1, -0.05) is 23.7 Å². The van der Waals surface area contributed by atoms with E-state index >= 15 is 0 Å². The maximum atomic E-state index is 12.7. The number of pyridine rings is 1. The average molecular weight is 323 g/mol. The smallest absolute Gasteiger partial charge is 0.272 e. The second kappa shape index (κ2) is 6.77. The molecule has 1 aromatic heterocycles. The third kappa shape index (κ3) is 3.02. The molecule has 0 radical (unpaired) electrons. The number of likely N-dealkylation sites (tertiary alicyclic amines) is 1. The summed E-state index contributed by atoms with van der Waals surface area (Å²) in [6.07, 6.45) is 3.39. The number of hydrogen-bond acceptors (Lipinski definition) is 4. The van der Waals surface area contributed by atoms with Crippen LogP contribution in [0.25, 0.3) is 0 Å². The lowest BCUT2D eigenvalue weighted by Crippen LogP contribution is -2.44. The number of ether oxygens (including phenoxy) is 2. The van der Waals surface area contributed by atoms with Crippen LogP contribution in [-0.4, -0.2) is 53.8 Å². The molecule has 2 saturated heterocycles. The summed E-state index contributed by atoms with van der Waals surface area (Å²) in [5.41, 5.74) is 0.362. The fourth-order valence-corrected chi connectivity index (χ4v) is 3.32. The van der Waals surface area contributed by atoms with Gasteiger partial charge in [-0.05, 0) is 25.0 Å². The molecular weight excluding hydrogens is 304 g/mol. The van der Waals surface area contributed by atoms with Crippen LogP contribution in [0.15, 0.2) is 30.9 Å². The molecule has 118 valence electrons. The molecule has 22 heavy (non-hydrogen) atoms. The summed E-state index contributed by atoms with van der Waals surface area (Å²) < 4.78 is 11.6. The topological polar surface area (TPSA) is 51.7 Å². The molecule has 0 saturated carbocycles. The highest BCUT2D eigenvalue weighted by molar-refractivity contribution is 6.29. The standard InChI is InChI=1S/C16H19ClN2O3/c1-2-8-21-13-10-19(12-6-4-9-22-15(12)13)16(20)11-5-3-7-14(17)18-11/h2-3,5,7,12-13,15H,1,4,6,8-10H2/t12-,13+,15+/m1/s1. The van der Waals surface area contributed by atoms with Gasteiger partial charge in [0.2, 0.25) is 0 Å². The first-order valence-corrected chi connectivity index (χ1v) is 7.86. The number of halogens is 1. The second-order valence-corrected chi connectivity index (χ2v) is 5.90. The van der Waals surface area contributed by atoms with Crippen molar-refractivity contribution in [3.63, 3.8) is 0 Å². The summed E-state index contributed by atoms with van der Waals surface area (Å²) in [5.74, 6) is -0.118. The molecule has 2 aliphatic rings. The van der Waals surface area contributed by atoms with Crippen LogP contribution in [0.3, 0.4) is 0 Å². The zero-order chi connectivity index (χ0) is 15.5. The number of fused-ring (bicyclic) bond motifs is 1. The molecule has 0 aliphatic carbocycles. The number of hydrogen-bond donors (Lipinski definition) is 0. The Bertz CT molecular complexity index is 566. The quantitative estimate of drug-likeness (QED) is 0.630. The van der Waals surface area contributed by atoms with E-state index in [1.54, 1.807) is 24.3 Å². The number of rotatable bonds is 4. The summed E-state index contributed by atoms with van der Waals surface area (Å²) in [6.45, 7) is 5.34. The van der Waals surface area contributed by atoms with Crippen LogP contribution in [0.2, 0.25) is 5.15 Å². The van der Waals surface area contributed by atoms with Crippen LogP contribution in [0.5, 0.6) is 0 Å². The van der Waals surface area contributed by atoms with Gasteiger partial charge < -0.3 is 14.4 Å². The van der Waals surface area contributed by atoms with Crippen molar-refractivity contribution in [3.05, 3.63) is 41.7 Å². The van der Waals surface area contributed by atoms with E-state index in [1.807, 2.05) is 4.90 Å². The Kier molecular flexibility index (Phi) is 4.76. The van der Waals surface area contributed by atoms with E-state index < -0.39 is 0 Å². The van der Waals surface area contributed by atoms with E-state index in [4.69, 9.17) is 21.1 Å². The minimum atomic E-state index is -0.119. The van der Waals surface area contributed by atoms with E-state index in [0.29, 0.717) is 30.6 Å². The predicted molar refractivity (Wildman–Crippen MR) is 83.0 cm³/mol. The summed E-state index contributed by atoms with van der Waals surface area (Å²) in [7, 11) is 0. The lowest BCUT2D eigenvalue weighted by atomic mass is 10.0. The molecule has 2 fully saturated rings. The van der Waals surface area contributed by atoms with Gasteiger partial charge in [0.05, 0.1) is 19.2 Å². The van der Waals surface area contributed by atoms with Crippen LogP contribution < -0.4 is 0 Å². The third-order valence-corrected chi connectivity index (χ3v) is 4.31. The van der Waals surface area contributed by atoms with Crippen LogP contribution in [-0.2, 0) is 9.47 Å². The van der Waals surface area contributed by atoms with Crippen molar-refractivity contribution >= 4 is 17.5 Å². The van der Waals surface area contributed by atoms with Gasteiger partial charge in [0, 0.05) is 6.61 Å². The summed E-state index contributed by atoms with van der Waals surface area (Å²) >= 11 is 5.89. The minimum Gasteiger partial charge on any atom is -0.373 e. The lowest BCUT2D eigenvalue weighted by Gasteiger charge is -2.32. The van der Waals surface area contributed by atoms with Gasteiger partial charge in [-0.2, -0.15) is 0 Å². The van der Waals surface area contributed by atoms with Crippen molar-refractivity contribution < 1.29 is 14.3 Å². The SMILES string of the molecule is C=CCO[C@H]1CN(C(=O)c2cccc(Cl)n2)[C@@H]2CCCO[C@H]12. The first kappa shape index (κ1) is 15.5. The Hall–Kier alpha value is -1.43. The van der Waals surface area contributed by atoms with Gasteiger partial charge in [-0.15, -0.1) is 6.58 Å². The summed E-state index contributed by atoms with van der Waals surface area (Å²) in [5, 5.41) is 0.320. The highest BCUT2D eigenvalue weighted by Crippen LogP contribution is 2.31. The normalized spacial score (nSPS) is 27.5. The molecule has 0 aromatic carbocycles. The van der Waals surface area contributed by atoms with Gasteiger partial charge >= 0.3 is 0 Å². The average Bonchev–Trinajstić information content (AvgIpc) is 2.91. The van der Waals surface area contributed by atoms with E-state index in [1.165, 1.54) is 0 Å². The fraction of sp³-hybridized carbons (Fsp3) is 0.500. The summed E-state index contributed by atoms with van der Waals surface area (Å²) in [6, 6.07) is 5.12. The monoisotopic (exact) mass is 322 g/mol. The largest absolute Gasteiger partial charge is 0.373 e. The fourth-order valence-electron chi connectivity index (χ4n) is 3.16. The number of amides is 1. The molecule has 0 unspecified atom stereocenters. The number of carbonyl (C=O) groups is 1. The van der Waals surface area contributed by atoms with Crippen molar-refractivity contribution in [2.24, 2.45) is 0 Å². The molecule has 1 amide bonds. The number of carbonyl (C=O) groups excluding carboxylic acids is 1. The molecule has 3 atom stereocenters. The first-order chi connectivity index (χ1) is 10.7. The Balaban J connectivity index is 1.80. The van der Waals surface area contributed by atoms with Crippen LogP contribution in [0.4, 0.5) is 0 Å². The maximum Gasteiger partial charge on any atom is 0.272 e. The Morgan fingerprint density at radius 3 is 3.23 bits per heavy atom. The van der Waals surface area contributed by atoms with E-state index in [2.05, 4.69) is 11.6 Å². The maximum absolute atomic E-state index is 12.7. The molecule has 0 bridgehead atoms. The number of aromatic nitrogens is 1. The highest BCUT2D eigenvalue weighted by Gasteiger charge is 2.46. The van der Waals surface area contributed by atoms with Crippen molar-refractivity contribution in [2.45, 2.75) is 31.1 Å². The van der Waals surface area contributed by atoms with Gasteiger partial charge in [0.25, 0.3) is 5.91 Å². The molecule has 0 spiro atoms. The molecule has 2 aliphatic heterocycles. The first-order valence-electron chi connectivity index (χ1n) is 7.48. The van der Waals surface area contributed by atoms with Gasteiger partial charge in [-0.3, -0.25) is 4.79 Å². The molecule has 3 heterocycles. The van der Waals surface area contributed by atoms with E-state index in [-0.39, 0.29) is 24.2 Å². The summed E-state index contributed by atoms with van der Waals surface area (Å²) in [4.78, 5) is 18.7. The Morgan fingerprint density at radius 1 is 1.59 bits per heavy atom. The zero-order valence-electron chi connectivity index (χ0n) is 12.3. The van der Waals surface area contributed by atoms with Crippen LogP contribution >= 0.6 is 11.6 Å². The second-order valence-electron chi connectivity index (χ2n) is 5.51.